The van der Waals surface area contributed by atoms with E-state index in [1.54, 1.807) is 10.9 Å². The summed E-state index contributed by atoms with van der Waals surface area (Å²) in [5.74, 6) is -0.483. The molecule has 0 unspecified atom stereocenters. The zero-order valence-corrected chi connectivity index (χ0v) is 26.1. The second kappa shape index (κ2) is 12.3. The van der Waals surface area contributed by atoms with Crippen molar-refractivity contribution in [1.82, 2.24) is 18.9 Å². The van der Waals surface area contributed by atoms with Crippen LogP contribution in [0, 0.1) is 6.92 Å². The number of carbonyl (C=O) groups is 2. The molecule has 0 fully saturated rings. The Bertz CT molecular complexity index is 1900. The van der Waals surface area contributed by atoms with Crippen molar-refractivity contribution in [3.63, 3.8) is 0 Å². The average Bonchev–Trinajstić information content (AvgIpc) is 3.58. The van der Waals surface area contributed by atoms with E-state index < -0.39 is 25.6 Å². The van der Waals surface area contributed by atoms with Crippen LogP contribution in [0.4, 0.5) is 10.5 Å². The van der Waals surface area contributed by atoms with E-state index in [4.69, 9.17) is 4.74 Å². The minimum Gasteiger partial charge on any atom is -0.508 e. The zero-order valence-electron chi connectivity index (χ0n) is 25.1. The summed E-state index contributed by atoms with van der Waals surface area (Å²) >= 11 is 0. The van der Waals surface area contributed by atoms with Crippen molar-refractivity contribution in [3.05, 3.63) is 100 Å². The van der Waals surface area contributed by atoms with Gasteiger partial charge in [-0.1, -0.05) is 49.5 Å². The van der Waals surface area contributed by atoms with Gasteiger partial charge < -0.3 is 20.3 Å². The monoisotopic (exact) mass is 613 g/mol. The number of rotatable bonds is 10. The highest BCUT2D eigenvalue weighted by Gasteiger charge is 2.21. The zero-order chi connectivity index (χ0) is 31.6. The van der Waals surface area contributed by atoms with Gasteiger partial charge in [0.25, 0.3) is 11.5 Å². The fourth-order valence-corrected chi connectivity index (χ4v) is 5.54. The Hall–Kier alpha value is -4.94. The van der Waals surface area contributed by atoms with E-state index in [0.717, 1.165) is 21.7 Å². The van der Waals surface area contributed by atoms with E-state index in [2.05, 4.69) is 30.1 Å². The lowest BCUT2D eigenvalue weighted by Gasteiger charge is -2.17. The first-order valence-corrected chi connectivity index (χ1v) is 17.9. The first-order chi connectivity index (χ1) is 20.9. The maximum absolute atomic E-state index is 13.7. The number of aromatic nitrogens is 4. The van der Waals surface area contributed by atoms with Gasteiger partial charge in [-0.05, 0) is 48.9 Å². The molecule has 0 aliphatic heterocycles. The quantitative estimate of drug-likeness (QED) is 0.133. The number of nitrogens with one attached hydrogen (secondary N) is 1. The number of carbonyl (C=O) groups excluding carboxylic acids is 1. The highest BCUT2D eigenvalue weighted by Crippen LogP contribution is 2.30. The van der Waals surface area contributed by atoms with Gasteiger partial charge in [0.05, 0.1) is 40.8 Å². The first kappa shape index (κ1) is 30.5. The van der Waals surface area contributed by atoms with Crippen LogP contribution in [0.2, 0.25) is 25.7 Å². The molecule has 5 aromatic rings. The van der Waals surface area contributed by atoms with E-state index in [-0.39, 0.29) is 29.4 Å². The number of ether oxygens (including phenoxy) is 1. The summed E-state index contributed by atoms with van der Waals surface area (Å²) in [4.78, 5) is 39.3. The standard InChI is InChI=1S/C32H35N5O6Si/c1-21-5-7-22(8-6-21)17-36-18-24(16-33-36)30(39)34-25-15-27(31(40)35(19-25)20-43-11-12-44(2,3)4)29-14-23-13-26(38)9-10-28(23)37(29)32(41)42/h5-10,13-16,18-19,38H,11-12,17,20H2,1-4H3,(H,34,39)(H,41,42). The van der Waals surface area contributed by atoms with Gasteiger partial charge in [0.1, 0.15) is 12.5 Å². The number of aromatic hydroxyl groups is 1. The summed E-state index contributed by atoms with van der Waals surface area (Å²) in [6.45, 7) is 9.56. The topological polar surface area (TPSA) is 141 Å². The van der Waals surface area contributed by atoms with Crippen molar-refractivity contribution in [2.45, 2.75) is 45.9 Å². The van der Waals surface area contributed by atoms with E-state index in [0.29, 0.717) is 29.6 Å². The molecular formula is C32H35N5O6Si. The minimum absolute atomic E-state index is 0.0382. The summed E-state index contributed by atoms with van der Waals surface area (Å²) < 4.78 is 9.82. The molecule has 0 spiro atoms. The van der Waals surface area contributed by atoms with Crippen LogP contribution >= 0.6 is 0 Å². The molecule has 0 saturated carbocycles. The SMILES string of the molecule is Cc1ccc(Cn2cc(C(=O)Nc3cc(-c4cc5cc(O)ccc5n4C(=O)O)c(=O)n(COCC[Si](C)(C)C)c3)cn2)cc1. The summed E-state index contributed by atoms with van der Waals surface area (Å²) in [7, 11) is -1.38. The molecule has 1 amide bonds. The highest BCUT2D eigenvalue weighted by atomic mass is 28.3. The maximum Gasteiger partial charge on any atom is 0.416 e. The van der Waals surface area contributed by atoms with Gasteiger partial charge in [0, 0.05) is 32.5 Å². The lowest BCUT2D eigenvalue weighted by atomic mass is 10.1. The number of anilines is 1. The van der Waals surface area contributed by atoms with Gasteiger partial charge >= 0.3 is 6.09 Å². The molecule has 0 saturated heterocycles. The van der Waals surface area contributed by atoms with Gasteiger partial charge in [0.2, 0.25) is 0 Å². The molecule has 3 aromatic heterocycles. The van der Waals surface area contributed by atoms with Crippen molar-refractivity contribution >= 4 is 36.7 Å². The molecule has 0 aliphatic rings. The molecule has 0 aliphatic carbocycles. The molecule has 12 heteroatoms. The summed E-state index contributed by atoms with van der Waals surface area (Å²) in [5.41, 5.74) is 2.74. The Morgan fingerprint density at radius 1 is 1.02 bits per heavy atom. The second-order valence-electron chi connectivity index (χ2n) is 12.0. The number of phenols is 1. The second-order valence-corrected chi connectivity index (χ2v) is 17.6. The molecule has 0 atom stereocenters. The molecular weight excluding hydrogens is 578 g/mol. The van der Waals surface area contributed by atoms with Crippen molar-refractivity contribution in [3.8, 4) is 17.0 Å². The van der Waals surface area contributed by atoms with E-state index in [1.807, 2.05) is 31.2 Å². The van der Waals surface area contributed by atoms with Crippen LogP contribution in [-0.2, 0) is 18.0 Å². The lowest BCUT2D eigenvalue weighted by Crippen LogP contribution is -2.27. The number of fused-ring (bicyclic) bond motifs is 1. The van der Waals surface area contributed by atoms with Crippen LogP contribution in [0.1, 0.15) is 21.5 Å². The molecule has 2 aromatic carbocycles. The van der Waals surface area contributed by atoms with Gasteiger partial charge in [-0.2, -0.15) is 5.10 Å². The number of phenolic OH excluding ortho intramolecular Hbond substituents is 1. The first-order valence-electron chi connectivity index (χ1n) is 14.2. The third kappa shape index (κ3) is 6.98. The van der Waals surface area contributed by atoms with E-state index >= 15 is 0 Å². The average molecular weight is 614 g/mol. The molecule has 228 valence electrons. The minimum atomic E-state index is -1.38. The van der Waals surface area contributed by atoms with Gasteiger partial charge in [-0.25, -0.2) is 9.36 Å². The Kier molecular flexibility index (Phi) is 8.56. The summed E-state index contributed by atoms with van der Waals surface area (Å²) in [6.07, 6.45) is 3.29. The van der Waals surface area contributed by atoms with Crippen LogP contribution in [-0.4, -0.2) is 55.8 Å². The van der Waals surface area contributed by atoms with Crippen molar-refractivity contribution in [2.75, 3.05) is 11.9 Å². The number of hydrogen-bond donors (Lipinski definition) is 3. The smallest absolute Gasteiger partial charge is 0.416 e. The number of benzene rings is 2. The lowest BCUT2D eigenvalue weighted by molar-refractivity contribution is 0.0849. The molecule has 11 nitrogen and oxygen atoms in total. The number of pyridine rings is 1. The summed E-state index contributed by atoms with van der Waals surface area (Å²) in [5, 5.41) is 27.6. The predicted molar refractivity (Wildman–Crippen MR) is 171 cm³/mol. The van der Waals surface area contributed by atoms with Crippen LogP contribution in [0.25, 0.3) is 22.2 Å². The predicted octanol–water partition coefficient (Wildman–Crippen LogP) is 5.82. The molecule has 3 N–H and O–H groups in total. The Morgan fingerprint density at radius 3 is 2.48 bits per heavy atom. The van der Waals surface area contributed by atoms with Crippen LogP contribution in [0.5, 0.6) is 5.75 Å². The largest absolute Gasteiger partial charge is 0.508 e. The van der Waals surface area contributed by atoms with Gasteiger partial charge in [-0.3, -0.25) is 18.8 Å². The number of amides is 1. The van der Waals surface area contributed by atoms with Crippen LogP contribution in [0.15, 0.2) is 78.0 Å². The Morgan fingerprint density at radius 2 is 1.77 bits per heavy atom. The normalized spacial score (nSPS) is 11.6. The number of hydrogen-bond acceptors (Lipinski definition) is 6. The maximum atomic E-state index is 13.7. The van der Waals surface area contributed by atoms with Gasteiger partial charge in [0.15, 0.2) is 0 Å². The van der Waals surface area contributed by atoms with Crippen LogP contribution in [0.3, 0.4) is 0 Å². The molecule has 3 heterocycles. The van der Waals surface area contributed by atoms with Crippen molar-refractivity contribution < 1.29 is 24.5 Å². The van der Waals surface area contributed by atoms with Crippen LogP contribution < -0.4 is 10.9 Å². The van der Waals surface area contributed by atoms with Gasteiger partial charge in [-0.15, -0.1) is 0 Å². The third-order valence-corrected chi connectivity index (χ3v) is 8.89. The highest BCUT2D eigenvalue weighted by molar-refractivity contribution is 6.76. The van der Waals surface area contributed by atoms with E-state index in [9.17, 15) is 24.6 Å². The molecule has 0 bridgehead atoms. The fraction of sp³-hybridized carbons (Fsp3) is 0.250. The molecule has 0 radical (unpaired) electrons. The number of carboxylic acid groups (broad SMARTS) is 1. The number of nitrogens with zero attached hydrogens (tertiary/aromatic N) is 4. The third-order valence-electron chi connectivity index (χ3n) is 7.18. The molecule has 5 rings (SSSR count). The molecule has 44 heavy (non-hydrogen) atoms. The fourth-order valence-electron chi connectivity index (χ4n) is 4.78. The summed E-state index contributed by atoms with van der Waals surface area (Å²) in [6, 6.07) is 16.2. The Labute approximate surface area is 255 Å². The van der Waals surface area contributed by atoms with E-state index in [1.165, 1.54) is 47.3 Å². The number of aryl methyl sites for hydroxylation is 1. The van der Waals surface area contributed by atoms with Crippen molar-refractivity contribution in [2.24, 2.45) is 0 Å². The Balaban J connectivity index is 1.48. The van der Waals surface area contributed by atoms with Crippen molar-refractivity contribution in [1.29, 1.82) is 0 Å².